The first-order chi connectivity index (χ1) is 15.1. The first-order valence-corrected chi connectivity index (χ1v) is 13.3. The number of nitrogens with one attached hydrogen (secondary N) is 2. The Labute approximate surface area is 189 Å². The van der Waals surface area contributed by atoms with Gasteiger partial charge in [-0.15, -0.1) is 0 Å². The molecule has 0 spiro atoms. The Balaban J connectivity index is 1.07. The number of ether oxygens (including phenoxy) is 1. The minimum absolute atomic E-state index is 0.0295. The van der Waals surface area contributed by atoms with Gasteiger partial charge in [-0.3, -0.25) is 4.79 Å². The van der Waals surface area contributed by atoms with Crippen LogP contribution in [0.15, 0.2) is 0 Å². The maximum Gasteiger partial charge on any atom is 0.315 e. The molecule has 0 heterocycles. The van der Waals surface area contributed by atoms with Gasteiger partial charge in [0.15, 0.2) is 0 Å². The van der Waals surface area contributed by atoms with E-state index in [1.54, 1.807) is 0 Å². The average molecular weight is 435 g/mol. The van der Waals surface area contributed by atoms with Gasteiger partial charge in [0.2, 0.25) is 0 Å². The van der Waals surface area contributed by atoms with E-state index in [0.717, 1.165) is 56.4 Å². The van der Waals surface area contributed by atoms with E-state index in [2.05, 4.69) is 17.6 Å². The van der Waals surface area contributed by atoms with Gasteiger partial charge in [-0.1, -0.05) is 58.3 Å². The second-order valence-corrected chi connectivity index (χ2v) is 10.6. The minimum Gasteiger partial charge on any atom is -0.466 e. The lowest BCUT2D eigenvalue weighted by molar-refractivity contribution is -0.143. The molecule has 4 saturated carbocycles. The molecular weight excluding hydrogens is 388 g/mol. The first kappa shape index (κ1) is 24.4. The number of unbranched alkanes of at least 4 members (excludes halogenated alkanes) is 9. The van der Waals surface area contributed by atoms with Crippen LogP contribution in [0.3, 0.4) is 0 Å². The molecular formula is C26H46N2O3. The highest BCUT2D eigenvalue weighted by Gasteiger charge is 2.56. The zero-order valence-electron chi connectivity index (χ0n) is 19.9. The van der Waals surface area contributed by atoms with Crippen LogP contribution in [-0.4, -0.2) is 30.7 Å². The highest BCUT2D eigenvalue weighted by molar-refractivity contribution is 5.75. The summed E-state index contributed by atoms with van der Waals surface area (Å²) in [6, 6.07) is 0.0659. The van der Waals surface area contributed by atoms with E-state index < -0.39 is 0 Å². The Morgan fingerprint density at radius 1 is 0.839 bits per heavy atom. The molecule has 0 aliphatic heterocycles. The monoisotopic (exact) mass is 434 g/mol. The Bertz CT molecular complexity index is 545. The number of rotatable bonds is 16. The SMILES string of the molecule is CCCCOC(=O)CCCCCCCCCCCNC(=O)NC12CC3CC(C1)C(C3)C2. The molecule has 0 saturated heterocycles. The van der Waals surface area contributed by atoms with Crippen molar-refractivity contribution in [3.63, 3.8) is 0 Å². The molecule has 2 N–H and O–H groups in total. The number of hydrogen-bond donors (Lipinski definition) is 2. The molecule has 0 aromatic heterocycles. The molecule has 0 aromatic carbocycles. The summed E-state index contributed by atoms with van der Waals surface area (Å²) in [5, 5.41) is 6.46. The molecule has 4 bridgehead atoms. The predicted molar refractivity (Wildman–Crippen MR) is 125 cm³/mol. The van der Waals surface area contributed by atoms with Crippen molar-refractivity contribution in [2.45, 2.75) is 122 Å². The summed E-state index contributed by atoms with van der Waals surface area (Å²) in [5.41, 5.74) is 0.135. The third-order valence-electron chi connectivity index (χ3n) is 7.91. The Kier molecular flexibility index (Phi) is 9.98. The van der Waals surface area contributed by atoms with Crippen molar-refractivity contribution in [3.05, 3.63) is 0 Å². The lowest BCUT2D eigenvalue weighted by atomic mass is 9.76. The molecule has 4 aliphatic carbocycles. The molecule has 4 fully saturated rings. The molecule has 2 unspecified atom stereocenters. The molecule has 0 radical (unpaired) electrons. The van der Waals surface area contributed by atoms with Gasteiger partial charge < -0.3 is 15.4 Å². The molecule has 4 rings (SSSR count). The van der Waals surface area contributed by atoms with Crippen LogP contribution >= 0.6 is 0 Å². The van der Waals surface area contributed by atoms with Crippen LogP contribution in [0.25, 0.3) is 0 Å². The second-order valence-electron chi connectivity index (χ2n) is 10.6. The van der Waals surface area contributed by atoms with Gasteiger partial charge in [-0.05, 0) is 69.1 Å². The zero-order valence-corrected chi connectivity index (χ0v) is 19.9. The molecule has 31 heavy (non-hydrogen) atoms. The number of hydrogen-bond acceptors (Lipinski definition) is 3. The van der Waals surface area contributed by atoms with E-state index in [1.165, 1.54) is 70.6 Å². The van der Waals surface area contributed by atoms with Crippen LogP contribution in [-0.2, 0) is 9.53 Å². The quantitative estimate of drug-likeness (QED) is 0.227. The molecule has 4 aliphatic rings. The zero-order chi connectivity index (χ0) is 21.9. The summed E-state index contributed by atoms with van der Waals surface area (Å²) < 4.78 is 5.18. The van der Waals surface area contributed by atoms with Crippen LogP contribution in [0.5, 0.6) is 0 Å². The van der Waals surface area contributed by atoms with E-state index in [0.29, 0.717) is 13.0 Å². The summed E-state index contributed by atoms with van der Waals surface area (Å²) in [7, 11) is 0. The Morgan fingerprint density at radius 2 is 1.45 bits per heavy atom. The molecule has 178 valence electrons. The van der Waals surface area contributed by atoms with Gasteiger partial charge in [0.1, 0.15) is 0 Å². The topological polar surface area (TPSA) is 67.4 Å². The van der Waals surface area contributed by atoms with E-state index in [4.69, 9.17) is 4.74 Å². The van der Waals surface area contributed by atoms with Crippen molar-refractivity contribution in [2.75, 3.05) is 13.2 Å². The van der Waals surface area contributed by atoms with Gasteiger partial charge in [0.25, 0.3) is 0 Å². The van der Waals surface area contributed by atoms with E-state index in [-0.39, 0.29) is 17.5 Å². The lowest BCUT2D eigenvalue weighted by Crippen LogP contribution is -2.53. The fraction of sp³-hybridized carbons (Fsp3) is 0.923. The van der Waals surface area contributed by atoms with Crippen LogP contribution in [0.4, 0.5) is 4.79 Å². The highest BCUT2D eigenvalue weighted by atomic mass is 16.5. The molecule has 5 nitrogen and oxygen atoms in total. The van der Waals surface area contributed by atoms with Gasteiger partial charge >= 0.3 is 12.0 Å². The van der Waals surface area contributed by atoms with E-state index >= 15 is 0 Å². The average Bonchev–Trinajstić information content (AvgIpc) is 3.14. The minimum atomic E-state index is -0.0295. The fourth-order valence-electron chi connectivity index (χ4n) is 6.48. The maximum absolute atomic E-state index is 12.3. The van der Waals surface area contributed by atoms with E-state index in [9.17, 15) is 9.59 Å². The third kappa shape index (κ3) is 7.98. The van der Waals surface area contributed by atoms with Crippen molar-refractivity contribution < 1.29 is 14.3 Å². The Hall–Kier alpha value is -1.26. The Morgan fingerprint density at radius 3 is 2.06 bits per heavy atom. The summed E-state index contributed by atoms with van der Waals surface area (Å²) >= 11 is 0. The van der Waals surface area contributed by atoms with Gasteiger partial charge in [-0.2, -0.15) is 0 Å². The third-order valence-corrected chi connectivity index (χ3v) is 7.91. The van der Waals surface area contributed by atoms with E-state index in [1.807, 2.05) is 0 Å². The summed E-state index contributed by atoms with van der Waals surface area (Å²) in [6.07, 6.45) is 19.8. The van der Waals surface area contributed by atoms with Crippen molar-refractivity contribution in [3.8, 4) is 0 Å². The molecule has 2 atom stereocenters. The molecule has 5 heteroatoms. The van der Waals surface area contributed by atoms with Crippen LogP contribution in [0, 0.1) is 17.8 Å². The van der Waals surface area contributed by atoms with Crippen molar-refractivity contribution in [2.24, 2.45) is 17.8 Å². The van der Waals surface area contributed by atoms with Crippen molar-refractivity contribution in [1.29, 1.82) is 0 Å². The van der Waals surface area contributed by atoms with Gasteiger partial charge in [0.05, 0.1) is 6.61 Å². The van der Waals surface area contributed by atoms with Crippen LogP contribution < -0.4 is 10.6 Å². The number of carbonyl (C=O) groups excluding carboxylic acids is 2. The predicted octanol–water partition coefficient (Wildman–Crippen LogP) is 6.11. The van der Waals surface area contributed by atoms with Crippen molar-refractivity contribution >= 4 is 12.0 Å². The maximum atomic E-state index is 12.3. The normalized spacial score (nSPS) is 28.1. The van der Waals surface area contributed by atoms with Gasteiger partial charge in [0, 0.05) is 18.5 Å². The standard InChI is InChI=1S/C26H46N2O3/c1-2-3-15-31-24(29)13-11-9-7-5-4-6-8-10-12-14-27-25(30)28-26-18-21-16-22(19-26)23(17-21)20-26/h21-23H,2-20H2,1H3,(H2,27,28,30). The largest absolute Gasteiger partial charge is 0.466 e. The second kappa shape index (κ2) is 12.7. The first-order valence-electron chi connectivity index (χ1n) is 13.3. The fourth-order valence-corrected chi connectivity index (χ4v) is 6.48. The smallest absolute Gasteiger partial charge is 0.315 e. The van der Waals surface area contributed by atoms with Crippen molar-refractivity contribution in [1.82, 2.24) is 10.6 Å². The molecule has 0 aromatic rings. The highest BCUT2D eigenvalue weighted by Crippen LogP contribution is 2.59. The summed E-state index contributed by atoms with van der Waals surface area (Å²) in [6.45, 7) is 3.48. The lowest BCUT2D eigenvalue weighted by Gasteiger charge is -2.39. The summed E-state index contributed by atoms with van der Waals surface area (Å²) in [5.74, 6) is 2.64. The van der Waals surface area contributed by atoms with Crippen LogP contribution in [0.2, 0.25) is 0 Å². The molecule has 2 amide bonds. The number of amides is 2. The van der Waals surface area contributed by atoms with Gasteiger partial charge in [-0.25, -0.2) is 4.79 Å². The number of carbonyl (C=O) groups is 2. The van der Waals surface area contributed by atoms with Crippen LogP contribution in [0.1, 0.15) is 116 Å². The summed E-state index contributed by atoms with van der Waals surface area (Å²) in [4.78, 5) is 23.8. The number of urea groups is 1. The number of esters is 1.